The summed E-state index contributed by atoms with van der Waals surface area (Å²) in [4.78, 5) is 17.2. The van der Waals surface area contributed by atoms with E-state index in [1.165, 1.54) is 17.8 Å². The van der Waals surface area contributed by atoms with Gasteiger partial charge in [0.15, 0.2) is 16.9 Å². The van der Waals surface area contributed by atoms with Crippen LogP contribution in [0.1, 0.15) is 19.1 Å². The van der Waals surface area contributed by atoms with Crippen LogP contribution >= 0.6 is 11.8 Å². The van der Waals surface area contributed by atoms with Crippen molar-refractivity contribution >= 4 is 35.2 Å². The third-order valence-electron chi connectivity index (χ3n) is 4.20. The van der Waals surface area contributed by atoms with Gasteiger partial charge in [0.2, 0.25) is 0 Å². The van der Waals surface area contributed by atoms with Crippen molar-refractivity contribution in [3.8, 4) is 6.07 Å². The van der Waals surface area contributed by atoms with Gasteiger partial charge in [-0.05, 0) is 31.2 Å². The first-order valence-electron chi connectivity index (χ1n) is 8.41. The minimum absolute atomic E-state index is 0.0144. The zero-order valence-corrected chi connectivity index (χ0v) is 15.6. The summed E-state index contributed by atoms with van der Waals surface area (Å²) in [6, 6.07) is 9.99. The van der Waals surface area contributed by atoms with Crippen LogP contribution in [-0.2, 0) is 0 Å². The number of hydrogen-bond acceptors (Lipinski definition) is 6. The quantitative estimate of drug-likeness (QED) is 0.457. The molecule has 0 bridgehead atoms. The summed E-state index contributed by atoms with van der Waals surface area (Å²) in [6.45, 7) is 5.68. The first-order chi connectivity index (χ1) is 13.0. The molecule has 1 atom stereocenters. The molecule has 0 spiro atoms. The topological polar surface area (TPSA) is 86.6 Å². The Morgan fingerprint density at radius 1 is 1.48 bits per heavy atom. The average molecular weight is 378 g/mol. The highest BCUT2D eigenvalue weighted by Crippen LogP contribution is 2.33. The molecule has 1 heterocycles. The number of aliphatic hydroxyl groups is 1. The normalized spacial score (nSPS) is 17.6. The van der Waals surface area contributed by atoms with E-state index in [0.717, 1.165) is 17.0 Å². The van der Waals surface area contributed by atoms with E-state index < -0.39 is 0 Å². The highest BCUT2D eigenvalue weighted by Gasteiger charge is 2.17. The standard InChI is InChI=1S/C21H18N2O3S/c1-13-7-8-16(23-2)20(9-13)27-12-14(11-22)21(25)19-10-17(24)15-5-3-4-6-18(15)26-19/h3-6,8-10,13,25H,2,7,12H2,1H3/b21-14+. The molecule has 1 N–H and O–H groups in total. The van der Waals surface area contributed by atoms with Crippen molar-refractivity contribution in [3.63, 3.8) is 0 Å². The van der Waals surface area contributed by atoms with Gasteiger partial charge in [-0.25, -0.2) is 0 Å². The van der Waals surface area contributed by atoms with Crippen LogP contribution in [0.4, 0.5) is 0 Å². The van der Waals surface area contributed by atoms with E-state index in [1.54, 1.807) is 24.3 Å². The summed E-state index contributed by atoms with van der Waals surface area (Å²) in [7, 11) is 0. The SMILES string of the molecule is C=NC1=CCC(C)C=C1SC/C(C#N)=C(/O)c1cc(=O)c2ccccc2o1. The average Bonchev–Trinajstić information content (AvgIpc) is 2.68. The lowest BCUT2D eigenvalue weighted by Gasteiger charge is -2.16. The molecule has 1 aromatic heterocycles. The molecule has 0 fully saturated rings. The molecule has 5 nitrogen and oxygen atoms in total. The third-order valence-corrected chi connectivity index (χ3v) is 5.29. The summed E-state index contributed by atoms with van der Waals surface area (Å²) in [5.41, 5.74) is 1.00. The lowest BCUT2D eigenvalue weighted by molar-refractivity contribution is 0.464. The Balaban J connectivity index is 1.91. The van der Waals surface area contributed by atoms with Crippen LogP contribution < -0.4 is 5.43 Å². The number of aliphatic imine (C=N–C) groups is 1. The number of nitrogens with zero attached hydrogens (tertiary/aromatic N) is 2. The number of aliphatic hydroxyl groups excluding tert-OH is 1. The van der Waals surface area contributed by atoms with Gasteiger partial charge >= 0.3 is 0 Å². The summed E-state index contributed by atoms with van der Waals surface area (Å²) in [6.07, 6.45) is 4.99. The van der Waals surface area contributed by atoms with Gasteiger partial charge < -0.3 is 9.52 Å². The van der Waals surface area contributed by atoms with E-state index in [9.17, 15) is 15.2 Å². The second-order valence-corrected chi connectivity index (χ2v) is 7.21. The molecule has 0 radical (unpaired) electrons. The molecule has 1 unspecified atom stereocenters. The van der Waals surface area contributed by atoms with Crippen LogP contribution in [0.15, 0.2) is 72.9 Å². The molecular formula is C21H18N2O3S. The fourth-order valence-corrected chi connectivity index (χ4v) is 3.87. The largest absolute Gasteiger partial charge is 0.504 e. The maximum atomic E-state index is 12.2. The molecule has 2 aromatic rings. The van der Waals surface area contributed by atoms with Crippen LogP contribution in [0.2, 0.25) is 0 Å². The van der Waals surface area contributed by atoms with Crippen LogP contribution in [0.3, 0.4) is 0 Å². The van der Waals surface area contributed by atoms with Gasteiger partial charge in [0.1, 0.15) is 5.58 Å². The molecular weight excluding hydrogens is 360 g/mol. The summed E-state index contributed by atoms with van der Waals surface area (Å²) in [5.74, 6) is 0.262. The zero-order chi connectivity index (χ0) is 19.4. The maximum Gasteiger partial charge on any atom is 0.193 e. The highest BCUT2D eigenvalue weighted by molar-refractivity contribution is 8.03. The van der Waals surface area contributed by atoms with Gasteiger partial charge in [-0.3, -0.25) is 9.79 Å². The smallest absolute Gasteiger partial charge is 0.193 e. The predicted molar refractivity (Wildman–Crippen MR) is 110 cm³/mol. The van der Waals surface area contributed by atoms with Gasteiger partial charge in [-0.15, -0.1) is 11.8 Å². The highest BCUT2D eigenvalue weighted by atomic mass is 32.2. The van der Waals surface area contributed by atoms with Crippen LogP contribution in [0.25, 0.3) is 16.7 Å². The van der Waals surface area contributed by atoms with Crippen molar-refractivity contribution in [3.05, 3.63) is 74.6 Å². The molecule has 0 saturated carbocycles. The Bertz CT molecular complexity index is 1090. The monoisotopic (exact) mass is 378 g/mol. The Kier molecular flexibility index (Phi) is 5.63. The third kappa shape index (κ3) is 4.04. The fourth-order valence-electron chi connectivity index (χ4n) is 2.75. The Labute approximate surface area is 161 Å². The Morgan fingerprint density at radius 3 is 3.00 bits per heavy atom. The molecule has 6 heteroatoms. The molecule has 27 heavy (non-hydrogen) atoms. The number of fused-ring (bicyclic) bond motifs is 1. The summed E-state index contributed by atoms with van der Waals surface area (Å²) >= 11 is 1.40. The molecule has 3 rings (SSSR count). The first-order valence-corrected chi connectivity index (χ1v) is 9.39. The van der Waals surface area contributed by atoms with Gasteiger partial charge in [-0.1, -0.05) is 31.2 Å². The lowest BCUT2D eigenvalue weighted by Crippen LogP contribution is -2.03. The minimum Gasteiger partial charge on any atom is -0.504 e. The van der Waals surface area contributed by atoms with E-state index in [0.29, 0.717) is 16.9 Å². The molecule has 0 aliphatic heterocycles. The number of para-hydroxylation sites is 1. The van der Waals surface area contributed by atoms with Crippen molar-refractivity contribution < 1.29 is 9.52 Å². The maximum absolute atomic E-state index is 12.2. The number of allylic oxidation sites excluding steroid dienone is 2. The van der Waals surface area contributed by atoms with E-state index in [-0.39, 0.29) is 28.3 Å². The second kappa shape index (κ2) is 8.11. The molecule has 1 aliphatic carbocycles. The summed E-state index contributed by atoms with van der Waals surface area (Å²) in [5, 5.41) is 20.4. The van der Waals surface area contributed by atoms with E-state index in [2.05, 4.69) is 24.7 Å². The van der Waals surface area contributed by atoms with Crippen LogP contribution in [0, 0.1) is 17.2 Å². The number of rotatable bonds is 5. The van der Waals surface area contributed by atoms with Crippen LogP contribution in [0.5, 0.6) is 0 Å². The Hall–Kier alpha value is -3.04. The predicted octanol–water partition coefficient (Wildman–Crippen LogP) is 4.83. The van der Waals surface area contributed by atoms with Crippen molar-refractivity contribution in [2.45, 2.75) is 13.3 Å². The number of nitriles is 1. The van der Waals surface area contributed by atoms with Crippen molar-refractivity contribution in [2.24, 2.45) is 10.9 Å². The van der Waals surface area contributed by atoms with E-state index in [4.69, 9.17) is 4.42 Å². The molecule has 0 amide bonds. The fraction of sp³-hybridized carbons (Fsp3) is 0.190. The van der Waals surface area contributed by atoms with E-state index >= 15 is 0 Å². The molecule has 0 saturated heterocycles. The molecule has 136 valence electrons. The number of hydrogen-bond donors (Lipinski definition) is 1. The number of thioether (sulfide) groups is 1. The van der Waals surface area contributed by atoms with Crippen molar-refractivity contribution in [1.82, 2.24) is 0 Å². The van der Waals surface area contributed by atoms with Gasteiger partial charge in [0, 0.05) is 16.7 Å². The van der Waals surface area contributed by atoms with Crippen molar-refractivity contribution in [2.75, 3.05) is 5.75 Å². The number of benzene rings is 1. The first kappa shape index (κ1) is 18.7. The van der Waals surface area contributed by atoms with Crippen molar-refractivity contribution in [1.29, 1.82) is 5.26 Å². The van der Waals surface area contributed by atoms with Crippen LogP contribution in [-0.4, -0.2) is 17.6 Å². The van der Waals surface area contributed by atoms with Gasteiger partial charge in [-0.2, -0.15) is 5.26 Å². The van der Waals surface area contributed by atoms with Gasteiger partial charge in [0.05, 0.1) is 22.7 Å². The lowest BCUT2D eigenvalue weighted by atomic mass is 10.0. The molecule has 1 aromatic carbocycles. The zero-order valence-electron chi connectivity index (χ0n) is 14.8. The van der Waals surface area contributed by atoms with Gasteiger partial charge in [0.25, 0.3) is 0 Å². The minimum atomic E-state index is -0.325. The summed E-state index contributed by atoms with van der Waals surface area (Å²) < 4.78 is 5.62. The second-order valence-electron chi connectivity index (χ2n) is 6.19. The molecule has 1 aliphatic rings. The Morgan fingerprint density at radius 2 is 2.26 bits per heavy atom. The van der Waals surface area contributed by atoms with E-state index in [1.807, 2.05) is 12.1 Å².